The van der Waals surface area contributed by atoms with Crippen molar-refractivity contribution >= 4 is 5.96 Å². The molecule has 0 atom stereocenters. The zero-order chi connectivity index (χ0) is 19.1. The summed E-state index contributed by atoms with van der Waals surface area (Å²) in [6.45, 7) is 3.11. The van der Waals surface area contributed by atoms with Crippen LogP contribution in [0.15, 0.2) is 60.2 Å². The van der Waals surface area contributed by atoms with E-state index in [2.05, 4.69) is 25.6 Å². The quantitative estimate of drug-likeness (QED) is 0.517. The number of hydrogen-bond acceptors (Lipinski definition) is 3. The number of guanidine groups is 1. The Morgan fingerprint density at radius 3 is 2.78 bits per heavy atom. The Morgan fingerprint density at radius 2 is 2.07 bits per heavy atom. The molecule has 0 saturated carbocycles. The molecule has 0 unspecified atom stereocenters. The minimum Gasteiger partial charge on any atom is -0.357 e. The Hall–Kier alpha value is -3.29. The van der Waals surface area contributed by atoms with Crippen molar-refractivity contribution in [1.29, 1.82) is 0 Å². The lowest BCUT2D eigenvalue weighted by Gasteiger charge is -2.12. The number of pyridine rings is 1. The highest BCUT2D eigenvalue weighted by Gasteiger charge is 2.05. The Morgan fingerprint density at radius 1 is 1.19 bits per heavy atom. The average Bonchev–Trinajstić information content (AvgIpc) is 3.21. The second kappa shape index (κ2) is 8.88. The lowest BCUT2D eigenvalue weighted by molar-refractivity contribution is 0.581. The molecule has 0 aliphatic rings. The van der Waals surface area contributed by atoms with E-state index in [-0.39, 0.29) is 12.1 Å². The van der Waals surface area contributed by atoms with Gasteiger partial charge in [0.2, 0.25) is 0 Å². The maximum atomic E-state index is 13.7. The summed E-state index contributed by atoms with van der Waals surface area (Å²) in [7, 11) is 0. The molecule has 0 aliphatic carbocycles. The topological polar surface area (TPSA) is 67.1 Å². The van der Waals surface area contributed by atoms with Crippen LogP contribution in [0.25, 0.3) is 5.82 Å². The SMILES string of the molecule is CCNC(=NCc1ccc(-n2ccnc2)nc1)NCc1cc(F)ccc1F. The molecular weight excluding hydrogens is 350 g/mol. The second-order valence-corrected chi connectivity index (χ2v) is 5.78. The van der Waals surface area contributed by atoms with Gasteiger partial charge in [0.05, 0.1) is 6.54 Å². The lowest BCUT2D eigenvalue weighted by atomic mass is 10.2. The van der Waals surface area contributed by atoms with Crippen molar-refractivity contribution in [3.05, 3.63) is 78.0 Å². The van der Waals surface area contributed by atoms with Gasteiger partial charge in [-0.3, -0.25) is 4.57 Å². The van der Waals surface area contributed by atoms with E-state index >= 15 is 0 Å². The molecule has 2 aromatic heterocycles. The lowest BCUT2D eigenvalue weighted by Crippen LogP contribution is -2.37. The van der Waals surface area contributed by atoms with E-state index in [4.69, 9.17) is 0 Å². The van der Waals surface area contributed by atoms with Crippen LogP contribution in [-0.2, 0) is 13.1 Å². The van der Waals surface area contributed by atoms with Crippen LogP contribution in [0.4, 0.5) is 8.78 Å². The van der Waals surface area contributed by atoms with Gasteiger partial charge in [-0.25, -0.2) is 23.7 Å². The third-order valence-corrected chi connectivity index (χ3v) is 3.80. The van der Waals surface area contributed by atoms with Gasteiger partial charge in [-0.2, -0.15) is 0 Å². The molecule has 0 saturated heterocycles. The third-order valence-electron chi connectivity index (χ3n) is 3.80. The molecule has 0 fully saturated rings. The summed E-state index contributed by atoms with van der Waals surface area (Å²) >= 11 is 0. The van der Waals surface area contributed by atoms with Crippen molar-refractivity contribution in [3.63, 3.8) is 0 Å². The third kappa shape index (κ3) is 5.10. The van der Waals surface area contributed by atoms with Gasteiger partial charge >= 0.3 is 0 Å². The predicted octanol–water partition coefficient (Wildman–Crippen LogP) is 2.80. The van der Waals surface area contributed by atoms with E-state index < -0.39 is 11.6 Å². The number of hydrogen-bond donors (Lipinski definition) is 2. The predicted molar refractivity (Wildman–Crippen MR) is 99.4 cm³/mol. The van der Waals surface area contributed by atoms with Crippen molar-refractivity contribution in [2.45, 2.75) is 20.0 Å². The number of nitrogens with zero attached hydrogens (tertiary/aromatic N) is 4. The van der Waals surface area contributed by atoms with Gasteiger partial charge in [0, 0.05) is 37.2 Å². The van der Waals surface area contributed by atoms with Gasteiger partial charge in [-0.1, -0.05) is 6.07 Å². The number of imidazole rings is 1. The minimum atomic E-state index is -0.473. The Labute approximate surface area is 156 Å². The number of nitrogens with one attached hydrogen (secondary N) is 2. The number of halogens is 2. The van der Waals surface area contributed by atoms with Gasteiger partial charge in [-0.05, 0) is 36.8 Å². The molecule has 0 spiro atoms. The smallest absolute Gasteiger partial charge is 0.191 e. The highest BCUT2D eigenvalue weighted by molar-refractivity contribution is 5.79. The molecule has 0 radical (unpaired) electrons. The molecular formula is C19H20F2N6. The second-order valence-electron chi connectivity index (χ2n) is 5.78. The van der Waals surface area contributed by atoms with Crippen LogP contribution in [0.2, 0.25) is 0 Å². The number of benzene rings is 1. The molecule has 0 amide bonds. The van der Waals surface area contributed by atoms with Crippen molar-refractivity contribution in [2.75, 3.05) is 6.54 Å². The van der Waals surface area contributed by atoms with Crippen molar-refractivity contribution in [3.8, 4) is 5.82 Å². The number of aromatic nitrogens is 3. The van der Waals surface area contributed by atoms with E-state index in [1.807, 2.05) is 29.8 Å². The molecule has 3 rings (SSSR count). The molecule has 1 aromatic carbocycles. The van der Waals surface area contributed by atoms with Crippen LogP contribution in [0.3, 0.4) is 0 Å². The first-order valence-electron chi connectivity index (χ1n) is 8.55. The van der Waals surface area contributed by atoms with E-state index in [0.29, 0.717) is 19.0 Å². The van der Waals surface area contributed by atoms with Gasteiger partial charge in [0.15, 0.2) is 5.96 Å². The van der Waals surface area contributed by atoms with E-state index in [1.54, 1.807) is 18.7 Å². The molecule has 2 heterocycles. The van der Waals surface area contributed by atoms with Gasteiger partial charge in [0.25, 0.3) is 0 Å². The highest BCUT2D eigenvalue weighted by Crippen LogP contribution is 2.09. The highest BCUT2D eigenvalue weighted by atomic mass is 19.1. The van der Waals surface area contributed by atoms with Gasteiger partial charge in [-0.15, -0.1) is 0 Å². The van der Waals surface area contributed by atoms with Gasteiger partial charge < -0.3 is 10.6 Å². The molecule has 8 heteroatoms. The normalized spacial score (nSPS) is 11.4. The monoisotopic (exact) mass is 370 g/mol. The number of rotatable bonds is 6. The zero-order valence-electron chi connectivity index (χ0n) is 14.9. The summed E-state index contributed by atoms with van der Waals surface area (Å²) in [5, 5.41) is 6.09. The Balaban J connectivity index is 1.64. The fourth-order valence-corrected chi connectivity index (χ4v) is 2.43. The number of aliphatic imine (C=N–C) groups is 1. The minimum absolute atomic E-state index is 0.132. The van der Waals surface area contributed by atoms with Crippen LogP contribution in [0.1, 0.15) is 18.1 Å². The van der Waals surface area contributed by atoms with Crippen LogP contribution >= 0.6 is 0 Å². The maximum Gasteiger partial charge on any atom is 0.191 e. The standard InChI is InChI=1S/C19H20F2N6/c1-2-23-19(26-12-15-9-16(20)4-5-17(15)21)25-11-14-3-6-18(24-10-14)27-8-7-22-13-27/h3-10,13H,2,11-12H2,1H3,(H2,23,25,26). The van der Waals surface area contributed by atoms with E-state index in [1.165, 1.54) is 6.07 Å². The van der Waals surface area contributed by atoms with Crippen molar-refractivity contribution < 1.29 is 8.78 Å². The summed E-state index contributed by atoms with van der Waals surface area (Å²) in [4.78, 5) is 12.8. The first-order valence-corrected chi connectivity index (χ1v) is 8.55. The molecule has 6 nitrogen and oxygen atoms in total. The van der Waals surface area contributed by atoms with Crippen molar-refractivity contribution in [2.24, 2.45) is 4.99 Å². The van der Waals surface area contributed by atoms with E-state index in [9.17, 15) is 8.78 Å². The van der Waals surface area contributed by atoms with Crippen LogP contribution in [0.5, 0.6) is 0 Å². The van der Waals surface area contributed by atoms with Crippen LogP contribution in [-0.4, -0.2) is 27.0 Å². The summed E-state index contributed by atoms with van der Waals surface area (Å²) in [6.07, 6.45) is 6.93. The summed E-state index contributed by atoms with van der Waals surface area (Å²) in [5.41, 5.74) is 1.17. The first kappa shape index (κ1) is 18.5. The Bertz CT molecular complexity index is 891. The van der Waals surface area contributed by atoms with Crippen LogP contribution < -0.4 is 10.6 Å². The molecule has 3 aromatic rings. The molecule has 140 valence electrons. The fourth-order valence-electron chi connectivity index (χ4n) is 2.43. The summed E-state index contributed by atoms with van der Waals surface area (Å²) < 4.78 is 28.8. The zero-order valence-corrected chi connectivity index (χ0v) is 14.9. The average molecular weight is 370 g/mol. The molecule has 0 bridgehead atoms. The largest absolute Gasteiger partial charge is 0.357 e. The van der Waals surface area contributed by atoms with Crippen molar-refractivity contribution in [1.82, 2.24) is 25.2 Å². The maximum absolute atomic E-state index is 13.7. The molecule has 2 N–H and O–H groups in total. The first-order chi connectivity index (χ1) is 13.2. The fraction of sp³-hybridized carbons (Fsp3) is 0.211. The molecule has 27 heavy (non-hydrogen) atoms. The van der Waals surface area contributed by atoms with Gasteiger partial charge in [0.1, 0.15) is 23.8 Å². The van der Waals surface area contributed by atoms with Crippen LogP contribution in [0, 0.1) is 11.6 Å². The Kier molecular flexibility index (Phi) is 6.09. The summed E-state index contributed by atoms with van der Waals surface area (Å²) in [5.74, 6) is 0.352. The summed E-state index contributed by atoms with van der Waals surface area (Å²) in [6, 6.07) is 7.20. The van der Waals surface area contributed by atoms with E-state index in [0.717, 1.165) is 23.5 Å². The molecule has 0 aliphatic heterocycles.